The van der Waals surface area contributed by atoms with Gasteiger partial charge in [0.2, 0.25) is 0 Å². The molecule has 0 aliphatic carbocycles. The van der Waals surface area contributed by atoms with Crippen LogP contribution in [0.25, 0.3) is 0 Å². The summed E-state index contributed by atoms with van der Waals surface area (Å²) in [7, 11) is -4.64. The molecule has 0 aromatic carbocycles. The molecule has 3 N–H and O–H groups in total. The third kappa shape index (κ3) is 17.5. The third-order valence-corrected chi connectivity index (χ3v) is 5.01. The van der Waals surface area contributed by atoms with Crippen LogP contribution in [0.3, 0.4) is 0 Å². The van der Waals surface area contributed by atoms with Crippen molar-refractivity contribution in [3.63, 3.8) is 0 Å². The third-order valence-electron chi connectivity index (χ3n) is 3.09. The van der Waals surface area contributed by atoms with Crippen molar-refractivity contribution in [2.75, 3.05) is 0 Å². The van der Waals surface area contributed by atoms with Crippen molar-refractivity contribution in [3.05, 3.63) is 0 Å². The topological polar surface area (TPSA) is 77.8 Å². The smallest absolute Gasteiger partial charge is 0.303 e. The van der Waals surface area contributed by atoms with Gasteiger partial charge < -0.3 is 14.7 Å². The summed E-state index contributed by atoms with van der Waals surface area (Å²) in [6, 6.07) is 0. The molecule has 0 fully saturated rings. The zero-order chi connectivity index (χ0) is 13.2. The van der Waals surface area contributed by atoms with E-state index in [-0.39, 0.29) is 0 Å². The molecule has 0 amide bonds. The first-order valence-corrected chi connectivity index (χ1v) is 8.53. The molecule has 4 nitrogen and oxygen atoms in total. The van der Waals surface area contributed by atoms with Gasteiger partial charge in [-0.25, -0.2) is 4.57 Å². The number of unbranched alkanes of at least 4 members (excludes halogenated alkanes) is 2. The van der Waals surface area contributed by atoms with E-state index in [4.69, 9.17) is 19.2 Å². The minimum Gasteiger partial charge on any atom is -0.303 e. The van der Waals surface area contributed by atoms with Crippen molar-refractivity contribution < 1.29 is 19.2 Å². The molecule has 0 aromatic heterocycles. The molecule has 0 atom stereocenters. The van der Waals surface area contributed by atoms with E-state index in [1.807, 2.05) is 0 Å². The Morgan fingerprint density at radius 3 is 1.69 bits per heavy atom. The maximum absolute atomic E-state index is 8.88. The fraction of sp³-hybridized carbons (Fsp3) is 1.00. The Morgan fingerprint density at radius 2 is 1.44 bits per heavy atom. The van der Waals surface area contributed by atoms with Crippen LogP contribution in [0.2, 0.25) is 2.66 Å². The van der Waals surface area contributed by atoms with Crippen LogP contribution in [0.4, 0.5) is 0 Å². The Morgan fingerprint density at radius 1 is 1.06 bits per heavy atom. The minimum atomic E-state index is -4.64. The first-order chi connectivity index (χ1) is 7.18. The van der Waals surface area contributed by atoms with Gasteiger partial charge in [-0.15, -0.1) is 0 Å². The molecule has 0 rings (SSSR count). The zero-order valence-corrected chi connectivity index (χ0v) is 13.8. The maximum atomic E-state index is 8.88. The van der Waals surface area contributed by atoms with Gasteiger partial charge in [0.1, 0.15) is 0 Å². The first-order valence-electron chi connectivity index (χ1n) is 5.96. The Bertz CT molecular complexity index is 193. The molecule has 0 aliphatic rings. The van der Waals surface area contributed by atoms with E-state index in [2.05, 4.69) is 20.8 Å². The molecule has 0 aromatic rings. The molecule has 0 spiro atoms. The van der Waals surface area contributed by atoms with Crippen LogP contribution in [0, 0.1) is 0 Å². The van der Waals surface area contributed by atoms with Crippen LogP contribution in [0.5, 0.6) is 0 Å². The average Bonchev–Trinajstić information content (AvgIpc) is 2.15. The summed E-state index contributed by atoms with van der Waals surface area (Å²) in [5.74, 6) is 0. The number of hydrogen-bond acceptors (Lipinski definition) is 1. The molecule has 94 valence electrons. The van der Waals surface area contributed by atoms with Gasteiger partial charge in [-0.05, 0) is 0 Å². The van der Waals surface area contributed by atoms with E-state index in [9.17, 15) is 0 Å². The molecule has 0 aliphatic heterocycles. The summed E-state index contributed by atoms with van der Waals surface area (Å²) in [4.78, 5) is 21.6. The first kappa shape index (κ1) is 19.4. The standard InChI is InChI=1S/C10H21.Na.H3O4P/c1-4-7-8-9-10(5-2)6-3;;1-5(2,3)4/h4-9H2,1-3H3;;(H3,1,2,3,4). The molecule has 0 radical (unpaired) electrons. The van der Waals surface area contributed by atoms with E-state index >= 15 is 0 Å². The molecule has 0 saturated carbocycles. The van der Waals surface area contributed by atoms with Crippen molar-refractivity contribution in [2.45, 2.75) is 62.0 Å². The Hall–Kier alpha value is 1.11. The van der Waals surface area contributed by atoms with E-state index in [1.54, 1.807) is 0 Å². The van der Waals surface area contributed by atoms with Crippen LogP contribution in [0.1, 0.15) is 59.3 Å². The molecule has 16 heavy (non-hydrogen) atoms. The van der Waals surface area contributed by atoms with Gasteiger partial charge in [0.05, 0.1) is 0 Å². The second kappa shape index (κ2) is 10.1. The molecule has 6 heteroatoms. The summed E-state index contributed by atoms with van der Waals surface area (Å²) >= 11 is 1.39. The van der Waals surface area contributed by atoms with Crippen molar-refractivity contribution in [1.29, 1.82) is 0 Å². The van der Waals surface area contributed by atoms with Crippen molar-refractivity contribution in [3.8, 4) is 0 Å². The van der Waals surface area contributed by atoms with E-state index in [0.29, 0.717) is 0 Å². The van der Waals surface area contributed by atoms with E-state index in [0.717, 1.165) is 2.66 Å². The number of rotatable bonds is 6. The molecule has 0 saturated heterocycles. The van der Waals surface area contributed by atoms with Gasteiger partial charge in [0.15, 0.2) is 0 Å². The maximum Gasteiger partial charge on any atom is 0.466 e. The number of phosphoric acid groups is 1. The van der Waals surface area contributed by atoms with Crippen molar-refractivity contribution in [1.82, 2.24) is 0 Å². The van der Waals surface area contributed by atoms with Gasteiger partial charge in [0, 0.05) is 0 Å². The zero-order valence-electron chi connectivity index (χ0n) is 10.9. The Kier molecular flexibility index (Phi) is 12.2. The van der Waals surface area contributed by atoms with E-state index < -0.39 is 7.82 Å². The summed E-state index contributed by atoms with van der Waals surface area (Å²) in [5, 5.41) is 0. The quantitative estimate of drug-likeness (QED) is 0.391. The molecular weight excluding hydrogens is 238 g/mol. The normalized spacial score (nSPS) is 12.0. The van der Waals surface area contributed by atoms with E-state index in [1.165, 1.54) is 66.5 Å². The van der Waals surface area contributed by atoms with Crippen LogP contribution in [-0.2, 0) is 4.57 Å². The largest absolute Gasteiger partial charge is 0.466 e. The molecule has 0 bridgehead atoms. The summed E-state index contributed by atoms with van der Waals surface area (Å²) < 4.78 is 9.65. The SMILES string of the molecule is CCCCC[C]([Na])(CC)CC.O=P(O)(O)O. The minimum absolute atomic E-state index is 0.773. The van der Waals surface area contributed by atoms with Crippen molar-refractivity contribution in [2.24, 2.45) is 0 Å². The summed E-state index contributed by atoms with van der Waals surface area (Å²) in [6.07, 6.45) is 8.55. The van der Waals surface area contributed by atoms with Gasteiger partial charge in [-0.2, -0.15) is 0 Å². The summed E-state index contributed by atoms with van der Waals surface area (Å²) in [5.41, 5.74) is 0. The monoisotopic (exact) mass is 262 g/mol. The fourth-order valence-corrected chi connectivity index (χ4v) is 1.76. The van der Waals surface area contributed by atoms with Gasteiger partial charge in [0.25, 0.3) is 0 Å². The molecule has 0 heterocycles. The van der Waals surface area contributed by atoms with Gasteiger partial charge in [-0.3, -0.25) is 0 Å². The fourth-order valence-electron chi connectivity index (χ4n) is 1.41. The predicted molar refractivity (Wildman–Crippen MR) is 67.4 cm³/mol. The summed E-state index contributed by atoms with van der Waals surface area (Å²) in [6.45, 7) is 6.98. The Labute approximate surface area is 116 Å². The second-order valence-corrected chi connectivity index (χ2v) is 7.64. The van der Waals surface area contributed by atoms with Crippen LogP contribution >= 0.6 is 7.82 Å². The van der Waals surface area contributed by atoms with Crippen LogP contribution in [0.15, 0.2) is 0 Å². The van der Waals surface area contributed by atoms with Crippen molar-refractivity contribution >= 4 is 35.8 Å². The second-order valence-electron chi connectivity index (χ2n) is 4.49. The van der Waals surface area contributed by atoms with Gasteiger partial charge in [-0.1, -0.05) is 0 Å². The number of hydrogen-bond donors (Lipinski definition) is 3. The van der Waals surface area contributed by atoms with Gasteiger partial charge >= 0.3 is 97.7 Å². The molecular formula is C10H24NaO4P. The molecule has 0 unspecified atom stereocenters. The van der Waals surface area contributed by atoms with Crippen LogP contribution in [-0.4, -0.2) is 42.6 Å². The average molecular weight is 262 g/mol. The van der Waals surface area contributed by atoms with Crippen LogP contribution < -0.4 is 0 Å². The Balaban J connectivity index is 0. The predicted octanol–water partition coefficient (Wildman–Crippen LogP) is 2.79.